The molecule has 10 heteroatoms. The molecule has 0 unspecified atom stereocenters. The predicted octanol–water partition coefficient (Wildman–Crippen LogP) is -1.98. The number of sulfone groups is 1. The zero-order valence-electron chi connectivity index (χ0n) is 10.8. The Morgan fingerprint density at radius 2 is 1.75 bits per heavy atom. The van der Waals surface area contributed by atoms with Crippen LogP contribution in [0.25, 0.3) is 0 Å². The van der Waals surface area contributed by atoms with Crippen LogP contribution in [0.1, 0.15) is 6.42 Å². The predicted molar refractivity (Wildman–Crippen MR) is 68.9 cm³/mol. The van der Waals surface area contributed by atoms with E-state index in [9.17, 15) is 22.8 Å². The summed E-state index contributed by atoms with van der Waals surface area (Å²) in [4.78, 5) is 34.5. The second kappa shape index (κ2) is 7.08. The number of carbonyl (C=O) groups is 3. The van der Waals surface area contributed by atoms with Crippen molar-refractivity contribution in [3.63, 3.8) is 0 Å². The fourth-order valence-corrected chi connectivity index (χ4v) is 2.92. The van der Waals surface area contributed by atoms with Gasteiger partial charge in [-0.15, -0.1) is 0 Å². The molecular formula is C10H17N3O6S. The van der Waals surface area contributed by atoms with Gasteiger partial charge in [-0.2, -0.15) is 0 Å². The van der Waals surface area contributed by atoms with Crippen molar-refractivity contribution < 1.29 is 27.9 Å². The Morgan fingerprint density at radius 1 is 1.05 bits per heavy atom. The van der Waals surface area contributed by atoms with Gasteiger partial charge in [-0.05, 0) is 6.42 Å². The summed E-state index contributed by atoms with van der Waals surface area (Å²) in [6, 6.07) is -0.535. The van der Waals surface area contributed by atoms with Crippen molar-refractivity contribution in [1.29, 1.82) is 0 Å². The molecule has 114 valence electrons. The zero-order valence-corrected chi connectivity index (χ0v) is 11.6. The molecule has 20 heavy (non-hydrogen) atoms. The number of carboxylic acids is 1. The van der Waals surface area contributed by atoms with Crippen molar-refractivity contribution in [2.45, 2.75) is 6.42 Å². The molecule has 3 amide bonds. The van der Waals surface area contributed by atoms with Crippen molar-refractivity contribution in [3.8, 4) is 0 Å². The van der Waals surface area contributed by atoms with Crippen molar-refractivity contribution in [2.24, 2.45) is 0 Å². The first-order valence-electron chi connectivity index (χ1n) is 6.02. The summed E-state index contributed by atoms with van der Waals surface area (Å²) < 4.78 is 22.8. The highest BCUT2D eigenvalue weighted by Gasteiger charge is 2.22. The van der Waals surface area contributed by atoms with E-state index < -0.39 is 34.3 Å². The Balaban J connectivity index is 2.35. The molecule has 0 aliphatic carbocycles. The highest BCUT2D eigenvalue weighted by Crippen LogP contribution is 2.04. The maximum atomic E-state index is 11.7. The highest BCUT2D eigenvalue weighted by atomic mass is 32.2. The van der Waals surface area contributed by atoms with Crippen molar-refractivity contribution in [2.75, 3.05) is 37.7 Å². The van der Waals surface area contributed by atoms with Gasteiger partial charge in [0.1, 0.15) is 6.54 Å². The second-order valence-electron chi connectivity index (χ2n) is 4.32. The van der Waals surface area contributed by atoms with E-state index in [1.54, 1.807) is 0 Å². The maximum Gasteiger partial charge on any atom is 0.322 e. The quantitative estimate of drug-likeness (QED) is 0.551. The molecule has 0 aromatic rings. The lowest BCUT2D eigenvalue weighted by Gasteiger charge is -2.19. The lowest BCUT2D eigenvalue weighted by molar-refractivity contribution is -0.137. The van der Waals surface area contributed by atoms with Gasteiger partial charge in [-0.3, -0.25) is 9.59 Å². The minimum atomic E-state index is -3.10. The van der Waals surface area contributed by atoms with Crippen LogP contribution < -0.4 is 10.6 Å². The average molecular weight is 307 g/mol. The summed E-state index contributed by atoms with van der Waals surface area (Å²) in [5, 5.41) is 12.8. The molecule has 0 aromatic carbocycles. The molecule has 0 saturated carbocycles. The van der Waals surface area contributed by atoms with Gasteiger partial charge >= 0.3 is 12.0 Å². The largest absolute Gasteiger partial charge is 0.480 e. The molecule has 9 nitrogen and oxygen atoms in total. The van der Waals surface area contributed by atoms with Crippen LogP contribution >= 0.6 is 0 Å². The Labute approximate surface area is 116 Å². The summed E-state index contributed by atoms with van der Waals surface area (Å²) in [6.07, 6.45) is 0.362. The summed E-state index contributed by atoms with van der Waals surface area (Å²) in [5.74, 6) is -1.84. The van der Waals surface area contributed by atoms with Gasteiger partial charge in [0.15, 0.2) is 9.84 Å². The number of nitrogens with zero attached hydrogens (tertiary/aromatic N) is 1. The molecule has 0 aromatic heterocycles. The Morgan fingerprint density at radius 3 is 2.40 bits per heavy atom. The van der Waals surface area contributed by atoms with Crippen molar-refractivity contribution in [3.05, 3.63) is 0 Å². The average Bonchev–Trinajstić information content (AvgIpc) is 2.54. The first-order valence-corrected chi connectivity index (χ1v) is 7.84. The first kappa shape index (κ1) is 16.2. The van der Waals surface area contributed by atoms with E-state index in [2.05, 4.69) is 10.6 Å². The van der Waals surface area contributed by atoms with Crippen LogP contribution in [0.4, 0.5) is 4.79 Å². The molecule has 1 aliphatic rings. The highest BCUT2D eigenvalue weighted by molar-refractivity contribution is 7.91. The van der Waals surface area contributed by atoms with Gasteiger partial charge in [-0.25, -0.2) is 13.2 Å². The number of hydrogen-bond acceptors (Lipinski definition) is 5. The molecule has 0 radical (unpaired) electrons. The minimum Gasteiger partial charge on any atom is -0.480 e. The van der Waals surface area contributed by atoms with Crippen LogP contribution in [0, 0.1) is 0 Å². The molecule has 1 aliphatic heterocycles. The molecule has 0 atom stereocenters. The summed E-state index contributed by atoms with van der Waals surface area (Å²) in [7, 11) is -3.10. The minimum absolute atomic E-state index is 0.0515. The fourth-order valence-electron chi connectivity index (χ4n) is 1.65. The van der Waals surface area contributed by atoms with E-state index >= 15 is 0 Å². The summed E-state index contributed by atoms with van der Waals surface area (Å²) in [5.41, 5.74) is 0. The van der Waals surface area contributed by atoms with Crippen LogP contribution in [0.15, 0.2) is 0 Å². The lowest BCUT2D eigenvalue weighted by atomic mass is 10.4. The topological polar surface area (TPSA) is 133 Å². The van der Waals surface area contributed by atoms with E-state index in [0.29, 0.717) is 13.0 Å². The number of nitrogens with one attached hydrogen (secondary N) is 2. The Hall–Kier alpha value is -1.84. The first-order chi connectivity index (χ1) is 9.30. The normalized spacial score (nSPS) is 17.9. The number of aliphatic carboxylic acids is 1. The van der Waals surface area contributed by atoms with Gasteiger partial charge in [0.05, 0.1) is 18.1 Å². The molecule has 1 rings (SSSR count). The maximum absolute atomic E-state index is 11.7. The van der Waals surface area contributed by atoms with Crippen molar-refractivity contribution in [1.82, 2.24) is 15.5 Å². The Kier molecular flexibility index (Phi) is 5.74. The molecule has 1 heterocycles. The van der Waals surface area contributed by atoms with E-state index in [-0.39, 0.29) is 24.6 Å². The standard InChI is InChI=1S/C10H17N3O6S/c14-8(11-7-9(15)16)6-12-10(17)13-2-1-4-20(18,19)5-3-13/h1-7H2,(H,11,14)(H,12,17)(H,15,16). The smallest absolute Gasteiger partial charge is 0.322 e. The molecule has 1 fully saturated rings. The monoisotopic (exact) mass is 307 g/mol. The van der Waals surface area contributed by atoms with Crippen LogP contribution in [-0.4, -0.2) is 74.0 Å². The SMILES string of the molecule is O=C(O)CNC(=O)CNC(=O)N1CCCS(=O)(=O)CC1. The molecule has 0 spiro atoms. The summed E-state index contributed by atoms with van der Waals surface area (Å²) >= 11 is 0. The number of carbonyl (C=O) groups excluding carboxylic acids is 2. The Bertz CT molecular complexity index is 489. The summed E-state index contributed by atoms with van der Waals surface area (Å²) in [6.45, 7) is -0.473. The number of urea groups is 1. The molecule has 1 saturated heterocycles. The van der Waals surface area contributed by atoms with Gasteiger partial charge in [0.25, 0.3) is 0 Å². The molecular weight excluding hydrogens is 290 g/mol. The van der Waals surface area contributed by atoms with E-state index in [0.717, 1.165) is 0 Å². The number of carboxylic acid groups (broad SMARTS) is 1. The van der Waals surface area contributed by atoms with E-state index in [1.807, 2.05) is 0 Å². The van der Waals surface area contributed by atoms with Gasteiger partial charge in [0.2, 0.25) is 5.91 Å². The molecule has 0 bridgehead atoms. The van der Waals surface area contributed by atoms with Crippen LogP contribution in [0.5, 0.6) is 0 Å². The van der Waals surface area contributed by atoms with Crippen LogP contribution in [0.2, 0.25) is 0 Å². The van der Waals surface area contributed by atoms with Gasteiger partial charge in [0, 0.05) is 13.1 Å². The zero-order chi connectivity index (χ0) is 15.2. The third-order valence-electron chi connectivity index (χ3n) is 2.68. The van der Waals surface area contributed by atoms with Gasteiger partial charge in [-0.1, -0.05) is 0 Å². The third-order valence-corrected chi connectivity index (χ3v) is 4.40. The van der Waals surface area contributed by atoms with Gasteiger partial charge < -0.3 is 20.6 Å². The third kappa shape index (κ3) is 5.87. The fraction of sp³-hybridized carbons (Fsp3) is 0.700. The van der Waals surface area contributed by atoms with E-state index in [1.165, 1.54) is 4.90 Å². The second-order valence-corrected chi connectivity index (χ2v) is 6.63. The van der Waals surface area contributed by atoms with E-state index in [4.69, 9.17) is 5.11 Å². The number of rotatable bonds is 4. The van der Waals surface area contributed by atoms with Crippen LogP contribution in [0.3, 0.4) is 0 Å². The number of amides is 3. The molecule has 3 N–H and O–H groups in total. The van der Waals surface area contributed by atoms with Crippen LogP contribution in [-0.2, 0) is 19.4 Å². The van der Waals surface area contributed by atoms with Crippen molar-refractivity contribution >= 4 is 27.7 Å². The number of hydrogen-bond donors (Lipinski definition) is 3. The lowest BCUT2D eigenvalue weighted by Crippen LogP contribution is -2.46.